The first-order valence-corrected chi connectivity index (χ1v) is 7.76. The number of hydrogen-bond acceptors (Lipinski definition) is 6. The van der Waals surface area contributed by atoms with Gasteiger partial charge in [-0.15, -0.1) is 4.91 Å². The molecule has 8 heteroatoms. The van der Waals surface area contributed by atoms with Crippen molar-refractivity contribution in [3.05, 3.63) is 40.4 Å². The van der Waals surface area contributed by atoms with Gasteiger partial charge in [0.2, 0.25) is 5.91 Å². The first kappa shape index (κ1) is 16.8. The van der Waals surface area contributed by atoms with Crippen LogP contribution in [0.2, 0.25) is 0 Å². The number of amides is 2. The molecule has 0 aliphatic rings. The third-order valence-electron chi connectivity index (χ3n) is 2.97. The van der Waals surface area contributed by atoms with E-state index in [0.717, 1.165) is 11.3 Å². The number of nitrogens with zero attached hydrogens (tertiary/aromatic N) is 2. The van der Waals surface area contributed by atoms with E-state index in [9.17, 15) is 14.5 Å². The maximum absolute atomic E-state index is 12.4. The molecule has 0 saturated carbocycles. The molecule has 7 nitrogen and oxygen atoms in total. The zero-order valence-corrected chi connectivity index (χ0v) is 13.7. The van der Waals surface area contributed by atoms with E-state index in [4.69, 9.17) is 0 Å². The normalized spacial score (nSPS) is 10.4. The van der Waals surface area contributed by atoms with Gasteiger partial charge in [0.05, 0.1) is 16.9 Å². The summed E-state index contributed by atoms with van der Waals surface area (Å²) < 4.78 is 0. The topological polar surface area (TPSA) is 101 Å². The molecule has 0 bridgehead atoms. The zero-order chi connectivity index (χ0) is 17.0. The molecular weight excluding hydrogens is 316 g/mol. The Hall–Kier alpha value is -2.61. The minimum Gasteiger partial charge on any atom is -0.326 e. The first-order chi connectivity index (χ1) is 10.9. The molecule has 0 radical (unpaired) electrons. The van der Waals surface area contributed by atoms with Gasteiger partial charge in [-0.25, -0.2) is 4.98 Å². The Bertz CT molecular complexity index is 755. The predicted octanol–water partition coefficient (Wildman–Crippen LogP) is 3.88. The first-order valence-electron chi connectivity index (χ1n) is 6.94. The van der Waals surface area contributed by atoms with Gasteiger partial charge in [0.15, 0.2) is 10.1 Å². The molecule has 0 saturated heterocycles. The van der Waals surface area contributed by atoms with E-state index >= 15 is 0 Å². The number of aromatic nitrogens is 1. The SMILES string of the molecule is CC(=O)Nc1ccccc1C(=O)Nc1nc(C(C)C)c(N=O)s1. The molecule has 2 rings (SSSR count). The Morgan fingerprint density at radius 1 is 1.22 bits per heavy atom. The number of thiazole rings is 1. The number of anilines is 2. The summed E-state index contributed by atoms with van der Waals surface area (Å²) in [6.07, 6.45) is 0. The van der Waals surface area contributed by atoms with E-state index in [1.165, 1.54) is 6.92 Å². The van der Waals surface area contributed by atoms with E-state index in [0.29, 0.717) is 22.1 Å². The average Bonchev–Trinajstić information content (AvgIpc) is 2.90. The van der Waals surface area contributed by atoms with Crippen LogP contribution in [0, 0.1) is 4.91 Å². The van der Waals surface area contributed by atoms with Crippen LogP contribution in [0.15, 0.2) is 29.4 Å². The standard InChI is InChI=1S/C15H16N4O3S/c1-8(2)12-14(19-22)23-15(17-12)18-13(21)10-6-4-5-7-11(10)16-9(3)20/h4-8H,1-3H3,(H,16,20)(H,17,18,21). The van der Waals surface area contributed by atoms with E-state index in [1.807, 2.05) is 13.8 Å². The van der Waals surface area contributed by atoms with Gasteiger partial charge in [0, 0.05) is 6.92 Å². The van der Waals surface area contributed by atoms with Crippen molar-refractivity contribution >= 4 is 39.0 Å². The fourth-order valence-electron chi connectivity index (χ4n) is 1.96. The Balaban J connectivity index is 2.26. The van der Waals surface area contributed by atoms with Crippen molar-refractivity contribution in [3.63, 3.8) is 0 Å². The van der Waals surface area contributed by atoms with Crippen molar-refractivity contribution in [1.29, 1.82) is 0 Å². The largest absolute Gasteiger partial charge is 0.326 e. The summed E-state index contributed by atoms with van der Waals surface area (Å²) >= 11 is 1.02. The fourth-order valence-corrected chi connectivity index (χ4v) is 2.86. The van der Waals surface area contributed by atoms with E-state index in [1.54, 1.807) is 24.3 Å². The summed E-state index contributed by atoms with van der Waals surface area (Å²) in [5.74, 6) is -0.666. The number of hydrogen-bond donors (Lipinski definition) is 2. The third kappa shape index (κ3) is 3.98. The van der Waals surface area contributed by atoms with Gasteiger partial charge in [-0.3, -0.25) is 14.9 Å². The van der Waals surface area contributed by atoms with Crippen molar-refractivity contribution in [2.45, 2.75) is 26.7 Å². The summed E-state index contributed by atoms with van der Waals surface area (Å²) in [7, 11) is 0. The smallest absolute Gasteiger partial charge is 0.259 e. The lowest BCUT2D eigenvalue weighted by molar-refractivity contribution is -0.114. The zero-order valence-electron chi connectivity index (χ0n) is 12.9. The number of para-hydroxylation sites is 1. The molecule has 0 unspecified atom stereocenters. The monoisotopic (exact) mass is 332 g/mol. The van der Waals surface area contributed by atoms with Crippen LogP contribution in [-0.4, -0.2) is 16.8 Å². The Morgan fingerprint density at radius 2 is 1.91 bits per heavy atom. The van der Waals surface area contributed by atoms with Crippen LogP contribution in [0.25, 0.3) is 0 Å². The van der Waals surface area contributed by atoms with Crippen LogP contribution >= 0.6 is 11.3 Å². The Morgan fingerprint density at radius 3 is 2.48 bits per heavy atom. The van der Waals surface area contributed by atoms with Gasteiger partial charge in [0.25, 0.3) is 5.91 Å². The molecule has 1 aromatic heterocycles. The van der Waals surface area contributed by atoms with Crippen LogP contribution in [-0.2, 0) is 4.79 Å². The number of benzene rings is 1. The minimum atomic E-state index is -0.421. The maximum atomic E-state index is 12.4. The van der Waals surface area contributed by atoms with Crippen LogP contribution in [0.5, 0.6) is 0 Å². The van der Waals surface area contributed by atoms with Gasteiger partial charge in [-0.05, 0) is 23.2 Å². The van der Waals surface area contributed by atoms with Crippen molar-refractivity contribution in [2.24, 2.45) is 5.18 Å². The molecule has 1 aromatic carbocycles. The highest BCUT2D eigenvalue weighted by Crippen LogP contribution is 2.35. The molecule has 0 aliphatic carbocycles. The molecule has 2 amide bonds. The second kappa shape index (κ2) is 7.10. The average molecular weight is 332 g/mol. The van der Waals surface area contributed by atoms with Crippen molar-refractivity contribution in [2.75, 3.05) is 10.6 Å². The van der Waals surface area contributed by atoms with E-state index in [-0.39, 0.29) is 16.8 Å². The summed E-state index contributed by atoms with van der Waals surface area (Å²) in [6, 6.07) is 6.64. The molecule has 2 aromatic rings. The van der Waals surface area contributed by atoms with Gasteiger partial charge in [-0.1, -0.05) is 37.3 Å². The minimum absolute atomic E-state index is 0.0243. The number of nitroso groups, excluding NO2 is 1. The lowest BCUT2D eigenvalue weighted by atomic mass is 10.1. The number of rotatable bonds is 5. The van der Waals surface area contributed by atoms with Crippen LogP contribution in [0.4, 0.5) is 15.8 Å². The third-order valence-corrected chi connectivity index (χ3v) is 3.83. The lowest BCUT2D eigenvalue weighted by Gasteiger charge is -2.08. The van der Waals surface area contributed by atoms with Crippen molar-refractivity contribution < 1.29 is 9.59 Å². The van der Waals surface area contributed by atoms with E-state index in [2.05, 4.69) is 20.8 Å². The summed E-state index contributed by atoms with van der Waals surface area (Å²) in [5, 5.41) is 8.74. The highest BCUT2D eigenvalue weighted by atomic mass is 32.1. The number of carbonyl (C=O) groups excluding carboxylic acids is 2. The molecule has 0 atom stereocenters. The lowest BCUT2D eigenvalue weighted by Crippen LogP contribution is -2.16. The molecule has 23 heavy (non-hydrogen) atoms. The number of carbonyl (C=O) groups is 2. The molecule has 0 fully saturated rings. The van der Waals surface area contributed by atoms with Crippen molar-refractivity contribution in [3.8, 4) is 0 Å². The molecular formula is C15H16N4O3S. The second-order valence-electron chi connectivity index (χ2n) is 5.14. The van der Waals surface area contributed by atoms with E-state index < -0.39 is 5.91 Å². The molecule has 0 aliphatic heterocycles. The van der Waals surface area contributed by atoms with Gasteiger partial charge in [0.1, 0.15) is 0 Å². The summed E-state index contributed by atoms with van der Waals surface area (Å²) in [4.78, 5) is 38.7. The highest BCUT2D eigenvalue weighted by molar-refractivity contribution is 7.19. The van der Waals surface area contributed by atoms with Crippen LogP contribution in [0.1, 0.15) is 42.7 Å². The summed E-state index contributed by atoms with van der Waals surface area (Å²) in [5.41, 5.74) is 1.27. The number of nitrogens with one attached hydrogen (secondary N) is 2. The second-order valence-corrected chi connectivity index (χ2v) is 6.11. The van der Waals surface area contributed by atoms with Gasteiger partial charge in [-0.2, -0.15) is 0 Å². The quantitative estimate of drug-likeness (QED) is 0.811. The highest BCUT2D eigenvalue weighted by Gasteiger charge is 2.18. The summed E-state index contributed by atoms with van der Waals surface area (Å²) in [6.45, 7) is 5.15. The van der Waals surface area contributed by atoms with Crippen LogP contribution < -0.4 is 10.6 Å². The maximum Gasteiger partial charge on any atom is 0.259 e. The van der Waals surface area contributed by atoms with Gasteiger partial charge < -0.3 is 5.32 Å². The molecule has 120 valence electrons. The molecule has 2 N–H and O–H groups in total. The van der Waals surface area contributed by atoms with Crippen molar-refractivity contribution in [1.82, 2.24) is 4.98 Å². The Labute approximate surface area is 137 Å². The fraction of sp³-hybridized carbons (Fsp3) is 0.267. The molecule has 1 heterocycles. The predicted molar refractivity (Wildman–Crippen MR) is 90.4 cm³/mol. The molecule has 0 spiro atoms. The Kier molecular flexibility index (Phi) is 5.17. The van der Waals surface area contributed by atoms with Gasteiger partial charge >= 0.3 is 0 Å². The van der Waals surface area contributed by atoms with Crippen LogP contribution in [0.3, 0.4) is 0 Å².